The zero-order chi connectivity index (χ0) is 13.0. The number of hydrogen-bond acceptors (Lipinski definition) is 3. The van der Waals surface area contributed by atoms with E-state index in [1.54, 1.807) is 0 Å². The predicted octanol–water partition coefficient (Wildman–Crippen LogP) is 2.06. The molecule has 2 fully saturated rings. The molecule has 0 aromatic carbocycles. The van der Waals surface area contributed by atoms with Crippen molar-refractivity contribution in [3.05, 3.63) is 0 Å². The summed E-state index contributed by atoms with van der Waals surface area (Å²) in [5.41, 5.74) is 6.54. The minimum atomic E-state index is 0.307. The van der Waals surface area contributed by atoms with Crippen molar-refractivity contribution in [2.45, 2.75) is 63.5 Å². The van der Waals surface area contributed by atoms with Crippen LogP contribution in [0.1, 0.15) is 51.9 Å². The van der Waals surface area contributed by atoms with Crippen LogP contribution in [0.2, 0.25) is 0 Å². The first-order valence-electron chi connectivity index (χ1n) is 7.87. The number of likely N-dealkylation sites (tertiary alicyclic amines) is 1. The zero-order valence-corrected chi connectivity index (χ0v) is 12.3. The Kier molecular flexibility index (Phi) is 5.05. The molecule has 2 N–H and O–H groups in total. The first-order valence-corrected chi connectivity index (χ1v) is 7.87. The van der Waals surface area contributed by atoms with Crippen LogP contribution in [0.4, 0.5) is 0 Å². The molecule has 0 bridgehead atoms. The second-order valence-electron chi connectivity index (χ2n) is 6.36. The molecule has 0 aromatic rings. The van der Waals surface area contributed by atoms with E-state index in [0.717, 1.165) is 12.6 Å². The summed E-state index contributed by atoms with van der Waals surface area (Å²) in [5.74, 6) is 0. The molecule has 1 saturated carbocycles. The highest BCUT2D eigenvalue weighted by Gasteiger charge is 2.43. The SMILES string of the molecule is CCCCN(C1CC1)C1(CN)CCCN(C)CC1. The van der Waals surface area contributed by atoms with E-state index in [4.69, 9.17) is 5.73 Å². The summed E-state index contributed by atoms with van der Waals surface area (Å²) in [5, 5.41) is 0. The Hall–Kier alpha value is -0.120. The summed E-state index contributed by atoms with van der Waals surface area (Å²) in [6, 6.07) is 0.850. The van der Waals surface area contributed by atoms with Crippen LogP contribution in [0.3, 0.4) is 0 Å². The van der Waals surface area contributed by atoms with Gasteiger partial charge >= 0.3 is 0 Å². The van der Waals surface area contributed by atoms with Gasteiger partial charge in [-0.3, -0.25) is 4.90 Å². The molecule has 18 heavy (non-hydrogen) atoms. The molecule has 1 saturated heterocycles. The Morgan fingerprint density at radius 1 is 1.28 bits per heavy atom. The normalized spacial score (nSPS) is 30.7. The molecular weight excluding hydrogens is 222 g/mol. The monoisotopic (exact) mass is 253 g/mol. The maximum absolute atomic E-state index is 6.23. The molecule has 0 aromatic heterocycles. The number of nitrogens with two attached hydrogens (primary N) is 1. The van der Waals surface area contributed by atoms with Gasteiger partial charge in [-0.05, 0) is 65.2 Å². The van der Waals surface area contributed by atoms with Gasteiger partial charge in [-0.25, -0.2) is 0 Å². The van der Waals surface area contributed by atoms with Crippen LogP contribution in [0, 0.1) is 0 Å². The molecule has 0 radical (unpaired) electrons. The second kappa shape index (κ2) is 6.36. The second-order valence-corrected chi connectivity index (χ2v) is 6.36. The minimum Gasteiger partial charge on any atom is -0.329 e. The summed E-state index contributed by atoms with van der Waals surface area (Å²) in [7, 11) is 2.25. The highest BCUT2D eigenvalue weighted by molar-refractivity contribution is 5.00. The lowest BCUT2D eigenvalue weighted by Crippen LogP contribution is -2.55. The van der Waals surface area contributed by atoms with Gasteiger partial charge in [0.1, 0.15) is 0 Å². The summed E-state index contributed by atoms with van der Waals surface area (Å²) >= 11 is 0. The molecule has 3 heteroatoms. The first kappa shape index (κ1) is 14.3. The summed E-state index contributed by atoms with van der Waals surface area (Å²) in [6.07, 6.45) is 9.30. The Labute approximate surface area is 113 Å². The summed E-state index contributed by atoms with van der Waals surface area (Å²) < 4.78 is 0. The van der Waals surface area contributed by atoms with Gasteiger partial charge in [0, 0.05) is 18.1 Å². The molecule has 106 valence electrons. The summed E-state index contributed by atoms with van der Waals surface area (Å²) in [4.78, 5) is 5.28. The molecular formula is C15H31N3. The van der Waals surface area contributed by atoms with Crippen molar-refractivity contribution in [1.82, 2.24) is 9.80 Å². The van der Waals surface area contributed by atoms with Gasteiger partial charge in [-0.15, -0.1) is 0 Å². The number of hydrogen-bond donors (Lipinski definition) is 1. The number of nitrogens with zero attached hydrogens (tertiary/aromatic N) is 2. The van der Waals surface area contributed by atoms with Gasteiger partial charge in [0.15, 0.2) is 0 Å². The van der Waals surface area contributed by atoms with Gasteiger partial charge in [-0.1, -0.05) is 13.3 Å². The average molecular weight is 253 g/mol. The van der Waals surface area contributed by atoms with Crippen molar-refractivity contribution in [2.75, 3.05) is 33.2 Å². The maximum atomic E-state index is 6.23. The fourth-order valence-electron chi connectivity index (χ4n) is 3.44. The molecule has 1 aliphatic heterocycles. The van der Waals surface area contributed by atoms with Crippen LogP contribution in [-0.2, 0) is 0 Å². The molecule has 0 spiro atoms. The Morgan fingerprint density at radius 3 is 2.67 bits per heavy atom. The lowest BCUT2D eigenvalue weighted by Gasteiger charge is -2.43. The largest absolute Gasteiger partial charge is 0.329 e. The van der Waals surface area contributed by atoms with Gasteiger partial charge in [0.25, 0.3) is 0 Å². The van der Waals surface area contributed by atoms with Crippen molar-refractivity contribution in [1.29, 1.82) is 0 Å². The van der Waals surface area contributed by atoms with E-state index >= 15 is 0 Å². The molecule has 1 unspecified atom stereocenters. The van der Waals surface area contributed by atoms with Gasteiger partial charge in [0.05, 0.1) is 0 Å². The smallest absolute Gasteiger partial charge is 0.0347 e. The van der Waals surface area contributed by atoms with Crippen LogP contribution in [0.5, 0.6) is 0 Å². The molecule has 2 rings (SSSR count). The fourth-order valence-corrected chi connectivity index (χ4v) is 3.44. The third-order valence-corrected chi connectivity index (χ3v) is 4.87. The minimum absolute atomic E-state index is 0.307. The van der Waals surface area contributed by atoms with E-state index in [1.165, 1.54) is 64.6 Å². The van der Waals surface area contributed by atoms with Gasteiger partial charge < -0.3 is 10.6 Å². The highest BCUT2D eigenvalue weighted by atomic mass is 15.3. The zero-order valence-electron chi connectivity index (χ0n) is 12.3. The third kappa shape index (κ3) is 3.25. The quantitative estimate of drug-likeness (QED) is 0.786. The topological polar surface area (TPSA) is 32.5 Å². The third-order valence-electron chi connectivity index (χ3n) is 4.87. The van der Waals surface area contributed by atoms with Crippen molar-refractivity contribution in [3.8, 4) is 0 Å². The number of unbranched alkanes of at least 4 members (excludes halogenated alkanes) is 1. The molecule has 1 atom stereocenters. The van der Waals surface area contributed by atoms with Crippen molar-refractivity contribution in [3.63, 3.8) is 0 Å². The van der Waals surface area contributed by atoms with Crippen molar-refractivity contribution >= 4 is 0 Å². The molecule has 1 aliphatic carbocycles. The first-order chi connectivity index (χ1) is 8.72. The Balaban J connectivity index is 2.06. The molecule has 1 heterocycles. The predicted molar refractivity (Wildman–Crippen MR) is 77.8 cm³/mol. The van der Waals surface area contributed by atoms with E-state index in [1.807, 2.05) is 0 Å². The Bertz CT molecular complexity index is 252. The lowest BCUT2D eigenvalue weighted by molar-refractivity contribution is 0.0684. The van der Waals surface area contributed by atoms with Gasteiger partial charge in [0.2, 0.25) is 0 Å². The summed E-state index contributed by atoms with van der Waals surface area (Å²) in [6.45, 7) is 6.87. The van der Waals surface area contributed by atoms with Crippen LogP contribution >= 0.6 is 0 Å². The van der Waals surface area contributed by atoms with Crippen LogP contribution < -0.4 is 5.73 Å². The van der Waals surface area contributed by atoms with E-state index in [9.17, 15) is 0 Å². The van der Waals surface area contributed by atoms with Crippen molar-refractivity contribution < 1.29 is 0 Å². The van der Waals surface area contributed by atoms with E-state index in [2.05, 4.69) is 23.8 Å². The van der Waals surface area contributed by atoms with Crippen molar-refractivity contribution in [2.24, 2.45) is 5.73 Å². The standard InChI is InChI=1S/C15H31N3/c1-3-4-11-18(14-6-7-14)15(13-16)8-5-10-17(2)12-9-15/h14H,3-13,16H2,1-2H3. The molecule has 0 amide bonds. The van der Waals surface area contributed by atoms with Crippen LogP contribution in [0.15, 0.2) is 0 Å². The highest BCUT2D eigenvalue weighted by Crippen LogP contribution is 2.38. The maximum Gasteiger partial charge on any atom is 0.0347 e. The molecule has 2 aliphatic rings. The number of rotatable bonds is 6. The van der Waals surface area contributed by atoms with E-state index in [0.29, 0.717) is 5.54 Å². The van der Waals surface area contributed by atoms with Gasteiger partial charge in [-0.2, -0.15) is 0 Å². The van der Waals surface area contributed by atoms with Crippen LogP contribution in [-0.4, -0.2) is 54.6 Å². The van der Waals surface area contributed by atoms with E-state index < -0.39 is 0 Å². The Morgan fingerprint density at radius 2 is 2.06 bits per heavy atom. The fraction of sp³-hybridized carbons (Fsp3) is 1.00. The lowest BCUT2D eigenvalue weighted by atomic mass is 9.87. The van der Waals surface area contributed by atoms with E-state index in [-0.39, 0.29) is 0 Å². The molecule has 3 nitrogen and oxygen atoms in total. The van der Waals surface area contributed by atoms with Crippen LogP contribution in [0.25, 0.3) is 0 Å². The average Bonchev–Trinajstić information content (AvgIpc) is 3.19.